The maximum atomic E-state index is 10.9. The highest BCUT2D eigenvalue weighted by Gasteiger charge is 2.49. The van der Waals surface area contributed by atoms with Gasteiger partial charge in [-0.1, -0.05) is 43.9 Å². The first-order valence-corrected chi connectivity index (χ1v) is 9.65. The first-order chi connectivity index (χ1) is 11.2. The maximum absolute atomic E-state index is 10.9. The quantitative estimate of drug-likeness (QED) is 0.441. The minimum atomic E-state index is -0.204. The molecule has 2 unspecified atom stereocenters. The lowest BCUT2D eigenvalue weighted by molar-refractivity contribution is -0.139. The first-order valence-electron chi connectivity index (χ1n) is 9.65. The van der Waals surface area contributed by atoms with Gasteiger partial charge in [-0.25, -0.2) is 0 Å². The van der Waals surface area contributed by atoms with E-state index in [9.17, 15) is 4.79 Å². The van der Waals surface area contributed by atoms with Gasteiger partial charge in [0.2, 0.25) is 0 Å². The molecule has 2 aliphatic rings. The van der Waals surface area contributed by atoms with Gasteiger partial charge < -0.3 is 4.74 Å². The second-order valence-corrected chi connectivity index (χ2v) is 8.96. The summed E-state index contributed by atoms with van der Waals surface area (Å²) in [5.74, 6) is 0.618. The SMILES string of the molecule is CC(=O)OC/C=C(\C)CCC1=C(C)CCC2C(C)(C)CCCC12C. The van der Waals surface area contributed by atoms with E-state index in [0.29, 0.717) is 17.4 Å². The van der Waals surface area contributed by atoms with Crippen LogP contribution in [0, 0.1) is 16.7 Å². The molecule has 0 N–H and O–H groups in total. The Balaban J connectivity index is 2.09. The van der Waals surface area contributed by atoms with Gasteiger partial charge in [-0.2, -0.15) is 0 Å². The van der Waals surface area contributed by atoms with Crippen LogP contribution in [-0.4, -0.2) is 12.6 Å². The van der Waals surface area contributed by atoms with Crippen molar-refractivity contribution in [3.05, 3.63) is 22.8 Å². The Morgan fingerprint density at radius 2 is 1.96 bits per heavy atom. The van der Waals surface area contributed by atoms with Crippen LogP contribution in [0.4, 0.5) is 0 Å². The van der Waals surface area contributed by atoms with E-state index >= 15 is 0 Å². The zero-order valence-corrected chi connectivity index (χ0v) is 16.6. The summed E-state index contributed by atoms with van der Waals surface area (Å²) in [7, 11) is 0. The Morgan fingerprint density at radius 3 is 2.62 bits per heavy atom. The average Bonchev–Trinajstić information content (AvgIpc) is 2.45. The molecule has 0 aliphatic heterocycles. The smallest absolute Gasteiger partial charge is 0.302 e. The molecule has 0 aromatic carbocycles. The number of hydrogen-bond acceptors (Lipinski definition) is 2. The molecular formula is C22H36O2. The van der Waals surface area contributed by atoms with Crippen LogP contribution in [0.25, 0.3) is 0 Å². The number of carbonyl (C=O) groups excluding carboxylic acids is 1. The highest BCUT2D eigenvalue weighted by molar-refractivity contribution is 5.66. The number of hydrogen-bond donors (Lipinski definition) is 0. The minimum absolute atomic E-state index is 0.204. The summed E-state index contributed by atoms with van der Waals surface area (Å²) in [6, 6.07) is 0. The fourth-order valence-corrected chi connectivity index (χ4v) is 5.42. The molecule has 0 aromatic rings. The van der Waals surface area contributed by atoms with Crippen molar-refractivity contribution in [1.82, 2.24) is 0 Å². The molecule has 0 spiro atoms. The van der Waals surface area contributed by atoms with Crippen LogP contribution in [0.3, 0.4) is 0 Å². The topological polar surface area (TPSA) is 26.3 Å². The largest absolute Gasteiger partial charge is 0.462 e. The Morgan fingerprint density at radius 1 is 1.25 bits per heavy atom. The van der Waals surface area contributed by atoms with E-state index in [-0.39, 0.29) is 5.97 Å². The predicted molar refractivity (Wildman–Crippen MR) is 101 cm³/mol. The highest BCUT2D eigenvalue weighted by Crippen LogP contribution is 2.60. The van der Waals surface area contributed by atoms with Crippen LogP contribution < -0.4 is 0 Å². The van der Waals surface area contributed by atoms with Crippen LogP contribution in [-0.2, 0) is 9.53 Å². The van der Waals surface area contributed by atoms with Gasteiger partial charge in [0.05, 0.1) is 0 Å². The Kier molecular flexibility index (Phi) is 5.99. The lowest BCUT2D eigenvalue weighted by Gasteiger charge is -2.55. The van der Waals surface area contributed by atoms with E-state index in [1.807, 2.05) is 0 Å². The summed E-state index contributed by atoms with van der Waals surface area (Å²) in [4.78, 5) is 10.9. The molecule has 2 heteroatoms. The van der Waals surface area contributed by atoms with Gasteiger partial charge in [0.25, 0.3) is 0 Å². The Labute approximate surface area is 148 Å². The van der Waals surface area contributed by atoms with Crippen LogP contribution in [0.15, 0.2) is 22.8 Å². The van der Waals surface area contributed by atoms with E-state index in [1.54, 1.807) is 11.1 Å². The molecule has 2 aliphatic carbocycles. The molecule has 0 amide bonds. The van der Waals surface area contributed by atoms with Crippen molar-refractivity contribution in [2.45, 2.75) is 86.5 Å². The second kappa shape index (κ2) is 7.45. The molecule has 2 atom stereocenters. The fraction of sp³-hybridized carbons (Fsp3) is 0.773. The number of fused-ring (bicyclic) bond motifs is 1. The van der Waals surface area contributed by atoms with E-state index in [2.05, 4.69) is 40.7 Å². The lowest BCUT2D eigenvalue weighted by Crippen LogP contribution is -2.45. The standard InChI is InChI=1S/C22H36O2/c1-16(12-15-24-18(3)23)8-10-19-17(2)9-11-20-21(4,5)13-7-14-22(19,20)6/h12,20H,7-11,13-15H2,1-6H3/b16-12+. The molecular weight excluding hydrogens is 296 g/mol. The molecule has 136 valence electrons. The van der Waals surface area contributed by atoms with Crippen molar-refractivity contribution in [2.75, 3.05) is 6.61 Å². The number of rotatable bonds is 5. The predicted octanol–water partition coefficient (Wildman–Crippen LogP) is 6.22. The van der Waals surface area contributed by atoms with Gasteiger partial charge >= 0.3 is 5.97 Å². The van der Waals surface area contributed by atoms with Crippen molar-refractivity contribution in [3.63, 3.8) is 0 Å². The van der Waals surface area contributed by atoms with Crippen molar-refractivity contribution in [1.29, 1.82) is 0 Å². The zero-order chi connectivity index (χ0) is 18.0. The highest BCUT2D eigenvalue weighted by atomic mass is 16.5. The van der Waals surface area contributed by atoms with Gasteiger partial charge in [0.1, 0.15) is 6.61 Å². The van der Waals surface area contributed by atoms with Crippen molar-refractivity contribution in [3.8, 4) is 0 Å². The molecule has 0 aromatic heterocycles. The zero-order valence-electron chi connectivity index (χ0n) is 16.6. The summed E-state index contributed by atoms with van der Waals surface area (Å²) in [6.45, 7) is 13.9. The monoisotopic (exact) mass is 332 g/mol. The summed E-state index contributed by atoms with van der Waals surface area (Å²) >= 11 is 0. The van der Waals surface area contributed by atoms with E-state index in [0.717, 1.165) is 18.8 Å². The number of esters is 1. The Bertz CT molecular complexity index is 538. The Hall–Kier alpha value is -1.05. The molecule has 0 saturated heterocycles. The van der Waals surface area contributed by atoms with E-state index in [4.69, 9.17) is 4.74 Å². The van der Waals surface area contributed by atoms with Crippen molar-refractivity contribution in [2.24, 2.45) is 16.7 Å². The molecule has 24 heavy (non-hydrogen) atoms. The first kappa shape index (κ1) is 19.3. The van der Waals surface area contributed by atoms with Crippen LogP contribution >= 0.6 is 0 Å². The van der Waals surface area contributed by atoms with Crippen LogP contribution in [0.2, 0.25) is 0 Å². The summed E-state index contributed by atoms with van der Waals surface area (Å²) in [5, 5.41) is 0. The second-order valence-electron chi connectivity index (χ2n) is 8.96. The van der Waals surface area contributed by atoms with Crippen LogP contribution in [0.1, 0.15) is 86.5 Å². The van der Waals surface area contributed by atoms with Crippen molar-refractivity contribution >= 4 is 5.97 Å². The van der Waals surface area contributed by atoms with Gasteiger partial charge in [-0.05, 0) is 75.2 Å². The van der Waals surface area contributed by atoms with E-state index in [1.165, 1.54) is 44.6 Å². The third kappa shape index (κ3) is 4.13. The summed E-state index contributed by atoms with van der Waals surface area (Å²) in [5.41, 5.74) is 5.56. The maximum Gasteiger partial charge on any atom is 0.302 e. The average molecular weight is 333 g/mol. The van der Waals surface area contributed by atoms with Crippen LogP contribution in [0.5, 0.6) is 0 Å². The molecule has 1 fully saturated rings. The lowest BCUT2D eigenvalue weighted by atomic mass is 9.50. The van der Waals surface area contributed by atoms with Gasteiger partial charge in [-0.15, -0.1) is 0 Å². The number of ether oxygens (including phenoxy) is 1. The minimum Gasteiger partial charge on any atom is -0.462 e. The fourth-order valence-electron chi connectivity index (χ4n) is 5.42. The van der Waals surface area contributed by atoms with Gasteiger partial charge in [0.15, 0.2) is 0 Å². The molecule has 0 radical (unpaired) electrons. The van der Waals surface area contributed by atoms with Gasteiger partial charge in [-0.3, -0.25) is 4.79 Å². The third-order valence-electron chi connectivity index (χ3n) is 6.73. The molecule has 2 rings (SSSR count). The van der Waals surface area contributed by atoms with Crippen molar-refractivity contribution < 1.29 is 9.53 Å². The molecule has 0 heterocycles. The molecule has 0 bridgehead atoms. The van der Waals surface area contributed by atoms with E-state index < -0.39 is 0 Å². The van der Waals surface area contributed by atoms with Gasteiger partial charge in [0, 0.05) is 6.92 Å². The summed E-state index contributed by atoms with van der Waals surface area (Å²) in [6.07, 6.45) is 11.0. The normalized spacial score (nSPS) is 30.1. The molecule has 1 saturated carbocycles. The molecule has 2 nitrogen and oxygen atoms in total. The number of carbonyl (C=O) groups is 1. The number of allylic oxidation sites excluding steroid dienone is 3. The summed E-state index contributed by atoms with van der Waals surface area (Å²) < 4.78 is 5.03. The third-order valence-corrected chi connectivity index (χ3v) is 6.73.